The molecule has 7 heteroatoms. The predicted molar refractivity (Wildman–Crippen MR) is 101 cm³/mol. The van der Waals surface area contributed by atoms with E-state index in [-0.39, 0.29) is 24.3 Å². The molecule has 1 amide bonds. The van der Waals surface area contributed by atoms with E-state index in [9.17, 15) is 14.4 Å². The second-order valence-electron chi connectivity index (χ2n) is 6.41. The summed E-state index contributed by atoms with van der Waals surface area (Å²) < 4.78 is 6.48. The van der Waals surface area contributed by atoms with Gasteiger partial charge in [-0.2, -0.15) is 0 Å². The van der Waals surface area contributed by atoms with Gasteiger partial charge in [0.25, 0.3) is 5.91 Å². The van der Waals surface area contributed by atoms with Crippen molar-refractivity contribution in [1.82, 2.24) is 9.47 Å². The van der Waals surface area contributed by atoms with Crippen molar-refractivity contribution in [1.29, 1.82) is 0 Å². The van der Waals surface area contributed by atoms with Crippen LogP contribution in [-0.2, 0) is 11.8 Å². The van der Waals surface area contributed by atoms with Gasteiger partial charge in [-0.15, -0.1) is 11.3 Å². The molecule has 0 N–H and O–H groups in total. The molecule has 0 unspecified atom stereocenters. The van der Waals surface area contributed by atoms with Crippen molar-refractivity contribution in [3.8, 4) is 0 Å². The second-order valence-corrected chi connectivity index (χ2v) is 7.36. The van der Waals surface area contributed by atoms with Gasteiger partial charge in [0.15, 0.2) is 5.78 Å². The Morgan fingerprint density at radius 2 is 1.92 bits per heavy atom. The number of rotatable bonds is 6. The van der Waals surface area contributed by atoms with Crippen LogP contribution in [0.25, 0.3) is 0 Å². The molecule has 0 saturated heterocycles. The van der Waals surface area contributed by atoms with E-state index >= 15 is 0 Å². The van der Waals surface area contributed by atoms with E-state index < -0.39 is 5.97 Å². The summed E-state index contributed by atoms with van der Waals surface area (Å²) in [5.41, 5.74) is 2.08. The maximum absolute atomic E-state index is 13.0. The third-order valence-corrected chi connectivity index (χ3v) is 5.38. The molecule has 0 aromatic carbocycles. The molecular formula is C19H24N2O4S. The first-order valence-electron chi connectivity index (χ1n) is 8.32. The number of thiophene rings is 1. The highest BCUT2D eigenvalue weighted by Crippen LogP contribution is 2.23. The van der Waals surface area contributed by atoms with Crippen LogP contribution in [0.1, 0.15) is 55.6 Å². The van der Waals surface area contributed by atoms with Gasteiger partial charge in [0.05, 0.1) is 18.5 Å². The molecule has 2 heterocycles. The monoisotopic (exact) mass is 376 g/mol. The summed E-state index contributed by atoms with van der Waals surface area (Å²) in [6.07, 6.45) is 0. The smallest absolute Gasteiger partial charge is 0.354 e. The average Bonchev–Trinajstić information content (AvgIpc) is 3.19. The van der Waals surface area contributed by atoms with Gasteiger partial charge in [-0.1, -0.05) is 6.07 Å². The zero-order valence-corrected chi connectivity index (χ0v) is 16.8. The first-order chi connectivity index (χ1) is 12.2. The molecule has 2 aromatic rings. The summed E-state index contributed by atoms with van der Waals surface area (Å²) in [5.74, 6) is -0.838. The number of esters is 1. The number of ketones is 1. The summed E-state index contributed by atoms with van der Waals surface area (Å²) in [6.45, 7) is 7.23. The highest BCUT2D eigenvalue weighted by Gasteiger charge is 2.28. The van der Waals surface area contributed by atoms with Gasteiger partial charge in [-0.05, 0) is 44.7 Å². The standard InChI is InChI=1S/C19H24N2O4S/c1-11(2)21(18(23)15-8-7-9-26-15)10-14(22)16-12(3)17(19(24)25-6)20(5)13(16)4/h7-9,11H,10H2,1-6H3. The van der Waals surface area contributed by atoms with Gasteiger partial charge >= 0.3 is 5.97 Å². The quantitative estimate of drug-likeness (QED) is 0.573. The number of amides is 1. The number of aromatic nitrogens is 1. The fourth-order valence-corrected chi connectivity index (χ4v) is 3.72. The Kier molecular flexibility index (Phi) is 6.02. The zero-order chi connectivity index (χ0) is 19.6. The van der Waals surface area contributed by atoms with Gasteiger partial charge in [0, 0.05) is 24.3 Å². The molecule has 0 spiro atoms. The summed E-state index contributed by atoms with van der Waals surface area (Å²) in [6, 6.07) is 3.44. The van der Waals surface area contributed by atoms with E-state index in [2.05, 4.69) is 0 Å². The highest BCUT2D eigenvalue weighted by atomic mass is 32.1. The van der Waals surface area contributed by atoms with Crippen LogP contribution in [0.4, 0.5) is 0 Å². The summed E-state index contributed by atoms with van der Waals surface area (Å²) in [5, 5.41) is 1.84. The maximum atomic E-state index is 13.0. The highest BCUT2D eigenvalue weighted by molar-refractivity contribution is 7.12. The minimum absolute atomic E-state index is 0.0410. The lowest BCUT2D eigenvalue weighted by molar-refractivity contribution is 0.0588. The molecule has 0 fully saturated rings. The minimum atomic E-state index is -0.484. The molecule has 2 rings (SSSR count). The van der Waals surface area contributed by atoms with Gasteiger partial charge in [-0.25, -0.2) is 4.79 Å². The van der Waals surface area contributed by atoms with Crippen LogP contribution in [-0.4, -0.2) is 46.8 Å². The lowest BCUT2D eigenvalue weighted by Crippen LogP contribution is -2.40. The van der Waals surface area contributed by atoms with Gasteiger partial charge in [0.2, 0.25) is 0 Å². The molecule has 0 radical (unpaired) electrons. The Morgan fingerprint density at radius 3 is 2.42 bits per heavy atom. The molecule has 0 atom stereocenters. The van der Waals surface area contributed by atoms with E-state index in [1.807, 2.05) is 25.3 Å². The molecule has 26 heavy (non-hydrogen) atoms. The number of carbonyl (C=O) groups is 3. The predicted octanol–water partition coefficient (Wildman–Crippen LogP) is 3.22. The Balaban J connectivity index is 2.36. The molecule has 0 aliphatic carbocycles. The van der Waals surface area contributed by atoms with Crippen molar-refractivity contribution in [2.75, 3.05) is 13.7 Å². The first kappa shape index (κ1) is 19.9. The van der Waals surface area contributed by atoms with E-state index in [0.717, 1.165) is 0 Å². The van der Waals surface area contributed by atoms with Crippen molar-refractivity contribution < 1.29 is 19.1 Å². The normalized spacial score (nSPS) is 10.9. The van der Waals surface area contributed by atoms with Crippen LogP contribution in [0.5, 0.6) is 0 Å². The molecule has 2 aromatic heterocycles. The molecule has 0 bridgehead atoms. The molecule has 0 aliphatic heterocycles. The third kappa shape index (κ3) is 3.58. The zero-order valence-electron chi connectivity index (χ0n) is 16.0. The van der Waals surface area contributed by atoms with E-state index in [0.29, 0.717) is 27.4 Å². The van der Waals surface area contributed by atoms with Gasteiger partial charge in [0.1, 0.15) is 5.69 Å². The Bertz CT molecular complexity index is 834. The summed E-state index contributed by atoms with van der Waals surface area (Å²) >= 11 is 1.35. The molecule has 140 valence electrons. The first-order valence-corrected chi connectivity index (χ1v) is 9.20. The summed E-state index contributed by atoms with van der Waals surface area (Å²) in [7, 11) is 3.04. The Hall–Kier alpha value is -2.41. The fourth-order valence-electron chi connectivity index (χ4n) is 3.04. The SMILES string of the molecule is COC(=O)c1c(C)c(C(=O)CN(C(=O)c2cccs2)C(C)C)c(C)n1C. The Morgan fingerprint density at radius 1 is 1.27 bits per heavy atom. The molecular weight excluding hydrogens is 352 g/mol. The van der Waals surface area contributed by atoms with Gasteiger partial charge < -0.3 is 14.2 Å². The van der Waals surface area contributed by atoms with Crippen molar-refractivity contribution in [2.24, 2.45) is 7.05 Å². The topological polar surface area (TPSA) is 68.6 Å². The van der Waals surface area contributed by atoms with Crippen molar-refractivity contribution in [2.45, 2.75) is 33.7 Å². The van der Waals surface area contributed by atoms with Crippen LogP contribution < -0.4 is 0 Å². The summed E-state index contributed by atoms with van der Waals surface area (Å²) in [4.78, 5) is 39.9. The lowest BCUT2D eigenvalue weighted by atomic mass is 10.0. The van der Waals surface area contributed by atoms with Crippen LogP contribution in [0.2, 0.25) is 0 Å². The average molecular weight is 376 g/mol. The molecule has 6 nitrogen and oxygen atoms in total. The van der Waals surface area contributed by atoms with E-state index in [4.69, 9.17) is 4.74 Å². The van der Waals surface area contributed by atoms with E-state index in [1.165, 1.54) is 18.4 Å². The van der Waals surface area contributed by atoms with Crippen LogP contribution >= 0.6 is 11.3 Å². The number of methoxy groups -OCH3 is 1. The fraction of sp³-hybridized carbons (Fsp3) is 0.421. The van der Waals surface area contributed by atoms with Crippen LogP contribution in [0, 0.1) is 13.8 Å². The number of hydrogen-bond donors (Lipinski definition) is 0. The van der Waals surface area contributed by atoms with Crippen LogP contribution in [0.15, 0.2) is 17.5 Å². The number of carbonyl (C=O) groups excluding carboxylic acids is 3. The maximum Gasteiger partial charge on any atom is 0.354 e. The van der Waals surface area contributed by atoms with Crippen LogP contribution in [0.3, 0.4) is 0 Å². The lowest BCUT2D eigenvalue weighted by Gasteiger charge is -2.25. The van der Waals surface area contributed by atoms with Crippen molar-refractivity contribution in [3.05, 3.63) is 44.9 Å². The number of Topliss-reactive ketones (excluding diaryl/α,β-unsaturated/α-hetero) is 1. The second kappa shape index (κ2) is 7.86. The largest absolute Gasteiger partial charge is 0.464 e. The Labute approximate surface area is 157 Å². The molecule has 0 saturated carbocycles. The van der Waals surface area contributed by atoms with Crippen molar-refractivity contribution >= 4 is 29.0 Å². The van der Waals surface area contributed by atoms with E-state index in [1.54, 1.807) is 36.4 Å². The number of nitrogens with zero attached hydrogens (tertiary/aromatic N) is 2. The molecule has 0 aliphatic rings. The van der Waals surface area contributed by atoms with Crippen molar-refractivity contribution in [3.63, 3.8) is 0 Å². The number of hydrogen-bond acceptors (Lipinski definition) is 5. The third-order valence-electron chi connectivity index (χ3n) is 4.52. The number of ether oxygens (including phenoxy) is 1. The minimum Gasteiger partial charge on any atom is -0.464 e. The van der Waals surface area contributed by atoms with Gasteiger partial charge in [-0.3, -0.25) is 9.59 Å².